The Bertz CT molecular complexity index is 213. The molecule has 0 saturated carbocycles. The van der Waals surface area contributed by atoms with Gasteiger partial charge in [-0.15, -0.1) is 12.4 Å². The third kappa shape index (κ3) is 4.28. The summed E-state index contributed by atoms with van der Waals surface area (Å²) in [4.78, 5) is 15.8. The van der Waals surface area contributed by atoms with Crippen molar-refractivity contribution in [3.63, 3.8) is 0 Å². The van der Waals surface area contributed by atoms with E-state index in [-0.39, 0.29) is 18.3 Å². The van der Waals surface area contributed by atoms with Crippen molar-refractivity contribution in [3.8, 4) is 0 Å². The highest BCUT2D eigenvalue weighted by molar-refractivity contribution is 5.85. The fraction of sp³-hybridized carbons (Fsp3) is 0.909. The lowest BCUT2D eigenvalue weighted by molar-refractivity contribution is -0.130. The monoisotopic (exact) mass is 249 g/mol. The summed E-state index contributed by atoms with van der Waals surface area (Å²) in [5.41, 5.74) is 5.37. The van der Waals surface area contributed by atoms with Crippen LogP contribution in [0.25, 0.3) is 0 Å². The first-order valence-electron chi connectivity index (χ1n) is 5.87. The van der Waals surface area contributed by atoms with Crippen molar-refractivity contribution >= 4 is 18.3 Å². The van der Waals surface area contributed by atoms with Crippen LogP contribution in [0.1, 0.15) is 26.2 Å². The van der Waals surface area contributed by atoms with Gasteiger partial charge in [0.1, 0.15) is 0 Å². The minimum atomic E-state index is 0. The van der Waals surface area contributed by atoms with Gasteiger partial charge in [-0.1, -0.05) is 6.92 Å². The number of nitrogens with zero attached hydrogens (tertiary/aromatic N) is 2. The molecule has 96 valence electrons. The molecule has 0 aliphatic carbocycles. The molecule has 1 atom stereocenters. The van der Waals surface area contributed by atoms with Gasteiger partial charge in [0.25, 0.3) is 0 Å². The minimum Gasteiger partial charge on any atom is -0.344 e. The number of carbonyl (C=O) groups excluding carboxylic acids is 1. The van der Waals surface area contributed by atoms with Gasteiger partial charge in [0.15, 0.2) is 0 Å². The first-order chi connectivity index (χ1) is 7.19. The number of likely N-dealkylation sites (N-methyl/N-ethyl adjacent to an activating group) is 2. The lowest BCUT2D eigenvalue weighted by Crippen LogP contribution is -2.41. The molecule has 5 heteroatoms. The molecule has 0 spiro atoms. The van der Waals surface area contributed by atoms with E-state index in [1.54, 1.807) is 0 Å². The Kier molecular flexibility index (Phi) is 7.72. The van der Waals surface area contributed by atoms with E-state index in [0.29, 0.717) is 19.0 Å². The Morgan fingerprint density at radius 1 is 1.56 bits per heavy atom. The quantitative estimate of drug-likeness (QED) is 0.781. The molecular formula is C11H24ClN3O. The van der Waals surface area contributed by atoms with Gasteiger partial charge in [0, 0.05) is 32.6 Å². The van der Waals surface area contributed by atoms with Crippen LogP contribution in [-0.4, -0.2) is 55.0 Å². The van der Waals surface area contributed by atoms with Crippen LogP contribution in [0.5, 0.6) is 0 Å². The molecule has 1 saturated heterocycles. The minimum absolute atomic E-state index is 0. The second kappa shape index (κ2) is 7.87. The number of nitrogens with two attached hydrogens (primary N) is 1. The fourth-order valence-electron chi connectivity index (χ4n) is 2.25. The highest BCUT2D eigenvalue weighted by Gasteiger charge is 2.25. The highest BCUT2D eigenvalue weighted by atomic mass is 35.5. The van der Waals surface area contributed by atoms with Gasteiger partial charge in [-0.3, -0.25) is 9.69 Å². The lowest BCUT2D eigenvalue weighted by Gasteiger charge is -2.27. The van der Waals surface area contributed by atoms with Gasteiger partial charge < -0.3 is 10.6 Å². The number of halogens is 1. The van der Waals surface area contributed by atoms with E-state index in [9.17, 15) is 4.79 Å². The zero-order chi connectivity index (χ0) is 11.3. The Hall–Kier alpha value is -0.320. The van der Waals surface area contributed by atoms with E-state index in [1.165, 1.54) is 19.4 Å². The molecular weight excluding hydrogens is 226 g/mol. The summed E-state index contributed by atoms with van der Waals surface area (Å²) >= 11 is 0. The van der Waals surface area contributed by atoms with Crippen LogP contribution in [0.2, 0.25) is 0 Å². The largest absolute Gasteiger partial charge is 0.344 e. The maximum absolute atomic E-state index is 11.6. The molecule has 1 aliphatic heterocycles. The third-order valence-corrected chi connectivity index (χ3v) is 3.17. The molecule has 0 aromatic rings. The van der Waals surface area contributed by atoms with Crippen LogP contribution < -0.4 is 5.73 Å². The number of rotatable bonds is 5. The van der Waals surface area contributed by atoms with E-state index in [0.717, 1.165) is 13.1 Å². The number of likely N-dealkylation sites (tertiary alicyclic amines) is 1. The van der Waals surface area contributed by atoms with Crippen LogP contribution in [0.3, 0.4) is 0 Å². The normalized spacial score (nSPS) is 20.6. The molecule has 1 fully saturated rings. The van der Waals surface area contributed by atoms with Crippen molar-refractivity contribution in [2.45, 2.75) is 32.2 Å². The number of amides is 1. The van der Waals surface area contributed by atoms with Gasteiger partial charge in [-0.25, -0.2) is 0 Å². The van der Waals surface area contributed by atoms with Gasteiger partial charge in [-0.05, 0) is 25.9 Å². The predicted molar refractivity (Wildman–Crippen MR) is 68.8 cm³/mol. The Balaban J connectivity index is 0.00000225. The van der Waals surface area contributed by atoms with Crippen molar-refractivity contribution in [2.75, 3.05) is 33.2 Å². The summed E-state index contributed by atoms with van der Waals surface area (Å²) in [5.74, 6) is 0.167. The van der Waals surface area contributed by atoms with Gasteiger partial charge in [0.05, 0.1) is 0 Å². The summed E-state index contributed by atoms with van der Waals surface area (Å²) in [7, 11) is 1.88. The van der Waals surface area contributed by atoms with Crippen molar-refractivity contribution in [2.24, 2.45) is 5.73 Å². The van der Waals surface area contributed by atoms with Crippen LogP contribution in [-0.2, 0) is 4.79 Å². The second-order valence-electron chi connectivity index (χ2n) is 4.24. The second-order valence-corrected chi connectivity index (χ2v) is 4.24. The highest BCUT2D eigenvalue weighted by Crippen LogP contribution is 2.17. The zero-order valence-corrected chi connectivity index (χ0v) is 11.1. The van der Waals surface area contributed by atoms with Gasteiger partial charge >= 0.3 is 0 Å². The van der Waals surface area contributed by atoms with Crippen LogP contribution in [0.15, 0.2) is 0 Å². The predicted octanol–water partition coefficient (Wildman–Crippen LogP) is 0.700. The Labute approximate surface area is 105 Å². The molecule has 2 N–H and O–H groups in total. The molecule has 1 aliphatic rings. The summed E-state index contributed by atoms with van der Waals surface area (Å²) < 4.78 is 0. The average molecular weight is 250 g/mol. The average Bonchev–Trinajstić information content (AvgIpc) is 2.65. The number of carbonyl (C=O) groups is 1. The molecule has 4 nitrogen and oxygen atoms in total. The van der Waals surface area contributed by atoms with Gasteiger partial charge in [0.2, 0.25) is 5.91 Å². The lowest BCUT2D eigenvalue weighted by atomic mass is 10.2. The first kappa shape index (κ1) is 15.7. The molecule has 1 amide bonds. The summed E-state index contributed by atoms with van der Waals surface area (Å²) in [6, 6.07) is 0.557. The maximum Gasteiger partial charge on any atom is 0.223 e. The van der Waals surface area contributed by atoms with Crippen LogP contribution in [0, 0.1) is 0 Å². The Morgan fingerprint density at radius 2 is 2.25 bits per heavy atom. The molecule has 0 radical (unpaired) electrons. The molecule has 0 aromatic heterocycles. The molecule has 1 unspecified atom stereocenters. The zero-order valence-electron chi connectivity index (χ0n) is 10.3. The van der Waals surface area contributed by atoms with E-state index in [1.807, 2.05) is 11.9 Å². The van der Waals surface area contributed by atoms with Crippen molar-refractivity contribution in [1.29, 1.82) is 0 Å². The summed E-state index contributed by atoms with van der Waals surface area (Å²) in [5, 5.41) is 0. The van der Waals surface area contributed by atoms with E-state index in [2.05, 4.69) is 11.8 Å². The van der Waals surface area contributed by atoms with Crippen molar-refractivity contribution < 1.29 is 4.79 Å². The van der Waals surface area contributed by atoms with E-state index < -0.39 is 0 Å². The molecule has 1 rings (SSSR count). The maximum atomic E-state index is 11.6. The first-order valence-corrected chi connectivity index (χ1v) is 5.87. The van der Waals surface area contributed by atoms with Crippen molar-refractivity contribution in [3.05, 3.63) is 0 Å². The standard InChI is InChI=1S/C11H23N3O.ClH/c1-3-14-8-4-5-10(14)9-13(2)11(15)6-7-12;/h10H,3-9,12H2,1-2H3;1H. The number of hydrogen-bond acceptors (Lipinski definition) is 3. The molecule has 0 aromatic carbocycles. The topological polar surface area (TPSA) is 49.6 Å². The van der Waals surface area contributed by atoms with Crippen molar-refractivity contribution in [1.82, 2.24) is 9.80 Å². The fourth-order valence-corrected chi connectivity index (χ4v) is 2.25. The Morgan fingerprint density at radius 3 is 2.81 bits per heavy atom. The summed E-state index contributed by atoms with van der Waals surface area (Å²) in [6.07, 6.45) is 2.95. The third-order valence-electron chi connectivity index (χ3n) is 3.17. The van der Waals surface area contributed by atoms with Crippen LogP contribution in [0.4, 0.5) is 0 Å². The molecule has 16 heavy (non-hydrogen) atoms. The molecule has 0 bridgehead atoms. The SMILES string of the molecule is CCN1CCCC1CN(C)C(=O)CCN.Cl. The van der Waals surface area contributed by atoms with E-state index in [4.69, 9.17) is 5.73 Å². The summed E-state index contributed by atoms with van der Waals surface area (Å²) in [6.45, 7) is 5.75. The number of hydrogen-bond donors (Lipinski definition) is 1. The molecule has 1 heterocycles. The van der Waals surface area contributed by atoms with E-state index >= 15 is 0 Å². The smallest absolute Gasteiger partial charge is 0.223 e. The van der Waals surface area contributed by atoms with Gasteiger partial charge in [-0.2, -0.15) is 0 Å². The van der Waals surface area contributed by atoms with Crippen LogP contribution >= 0.6 is 12.4 Å².